The molecule has 1 atom stereocenters. The molecule has 1 saturated heterocycles. The van der Waals surface area contributed by atoms with E-state index in [0.29, 0.717) is 36.6 Å². The van der Waals surface area contributed by atoms with Gasteiger partial charge in [0.05, 0.1) is 12.0 Å². The van der Waals surface area contributed by atoms with E-state index in [9.17, 15) is 13.2 Å². The molecule has 2 aliphatic rings. The van der Waals surface area contributed by atoms with Crippen LogP contribution in [0.4, 0.5) is 0 Å². The van der Waals surface area contributed by atoms with Gasteiger partial charge in [-0.05, 0) is 49.4 Å². The lowest BCUT2D eigenvalue weighted by Crippen LogP contribution is -2.32. The summed E-state index contributed by atoms with van der Waals surface area (Å²) in [5, 5.41) is 0. The van der Waals surface area contributed by atoms with E-state index in [4.69, 9.17) is 4.74 Å². The van der Waals surface area contributed by atoms with Gasteiger partial charge < -0.3 is 9.47 Å². The number of hydrogen-bond acceptors (Lipinski definition) is 5. The zero-order chi connectivity index (χ0) is 15.7. The molecular weight excluding hydrogens is 306 g/mol. The fraction of sp³-hybridized carbons (Fsp3) is 0.533. The molecule has 1 aromatic carbocycles. The van der Waals surface area contributed by atoms with Crippen LogP contribution in [0.1, 0.15) is 24.8 Å². The number of methoxy groups -OCH3 is 1. The lowest BCUT2D eigenvalue weighted by molar-refractivity contribution is -0.149. The first-order valence-corrected chi connectivity index (χ1v) is 8.84. The predicted octanol–water partition coefficient (Wildman–Crippen LogP) is 1.34. The lowest BCUT2D eigenvalue weighted by atomic mass is 10.0. The summed E-state index contributed by atoms with van der Waals surface area (Å²) >= 11 is 0. The van der Waals surface area contributed by atoms with E-state index in [-0.39, 0.29) is 0 Å². The highest BCUT2D eigenvalue weighted by Crippen LogP contribution is 2.31. The molecule has 0 saturated carbocycles. The van der Waals surface area contributed by atoms with Crippen molar-refractivity contribution >= 4 is 16.0 Å². The largest absolute Gasteiger partial charge is 0.478 e. The zero-order valence-corrected chi connectivity index (χ0v) is 13.3. The third-order valence-electron chi connectivity index (χ3n) is 4.14. The van der Waals surface area contributed by atoms with Crippen molar-refractivity contribution in [3.05, 3.63) is 23.8 Å². The maximum Gasteiger partial charge on any atom is 0.347 e. The van der Waals surface area contributed by atoms with Gasteiger partial charge in [0.1, 0.15) is 5.75 Å². The van der Waals surface area contributed by atoms with Crippen LogP contribution in [0.25, 0.3) is 0 Å². The van der Waals surface area contributed by atoms with Crippen molar-refractivity contribution in [3.63, 3.8) is 0 Å². The van der Waals surface area contributed by atoms with Crippen molar-refractivity contribution in [3.8, 4) is 5.75 Å². The topological polar surface area (TPSA) is 72.9 Å². The normalized spacial score (nSPS) is 22.0. The number of rotatable bonds is 3. The average molecular weight is 325 g/mol. The highest BCUT2D eigenvalue weighted by molar-refractivity contribution is 7.89. The number of aryl methyl sites for hydroxylation is 1. The molecule has 120 valence electrons. The number of carbonyl (C=O) groups excluding carboxylic acids is 1. The monoisotopic (exact) mass is 325 g/mol. The lowest BCUT2D eigenvalue weighted by Gasteiger charge is -2.25. The summed E-state index contributed by atoms with van der Waals surface area (Å²) in [6.07, 6.45) is 2.30. The Kier molecular flexibility index (Phi) is 4.10. The molecule has 0 N–H and O–H groups in total. The molecule has 2 heterocycles. The predicted molar refractivity (Wildman–Crippen MR) is 79.2 cm³/mol. The van der Waals surface area contributed by atoms with Gasteiger partial charge in [0.25, 0.3) is 0 Å². The van der Waals surface area contributed by atoms with Crippen LogP contribution in [0.2, 0.25) is 0 Å². The number of sulfonamides is 1. The number of hydrogen-bond donors (Lipinski definition) is 0. The standard InChI is InChI=1S/C15H19NO5S/c1-20-15(17)14-6-4-11-10-12(5-7-13(11)21-14)22(18,19)16-8-2-3-9-16/h5,7,10,14H,2-4,6,8-9H2,1H3. The summed E-state index contributed by atoms with van der Waals surface area (Å²) in [4.78, 5) is 11.8. The molecule has 0 radical (unpaired) electrons. The molecule has 1 unspecified atom stereocenters. The number of ether oxygens (including phenoxy) is 2. The van der Waals surface area contributed by atoms with E-state index in [1.54, 1.807) is 18.2 Å². The van der Waals surface area contributed by atoms with Crippen LogP contribution in [0.15, 0.2) is 23.1 Å². The van der Waals surface area contributed by atoms with Gasteiger partial charge >= 0.3 is 5.97 Å². The fourth-order valence-electron chi connectivity index (χ4n) is 2.90. The van der Waals surface area contributed by atoms with Crippen molar-refractivity contribution in [2.24, 2.45) is 0 Å². The summed E-state index contributed by atoms with van der Waals surface area (Å²) in [7, 11) is -2.09. The quantitative estimate of drug-likeness (QED) is 0.784. The van der Waals surface area contributed by atoms with Gasteiger partial charge in [0.15, 0.2) is 6.10 Å². The number of esters is 1. The van der Waals surface area contributed by atoms with Gasteiger partial charge in [-0.3, -0.25) is 0 Å². The Morgan fingerprint density at radius 2 is 2.05 bits per heavy atom. The Morgan fingerprint density at radius 1 is 1.32 bits per heavy atom. The van der Waals surface area contributed by atoms with Crippen molar-refractivity contribution in [1.82, 2.24) is 4.31 Å². The molecular formula is C15H19NO5S. The summed E-state index contributed by atoms with van der Waals surface area (Å²) in [6, 6.07) is 4.84. The van der Waals surface area contributed by atoms with E-state index in [2.05, 4.69) is 4.74 Å². The molecule has 0 aromatic heterocycles. The van der Waals surface area contributed by atoms with Gasteiger partial charge in [0, 0.05) is 13.1 Å². The summed E-state index contributed by atoms with van der Waals surface area (Å²) in [6.45, 7) is 1.17. The van der Waals surface area contributed by atoms with Gasteiger partial charge in [-0.1, -0.05) is 0 Å². The molecule has 0 amide bonds. The second-order valence-electron chi connectivity index (χ2n) is 5.55. The first-order valence-electron chi connectivity index (χ1n) is 7.40. The molecule has 6 nitrogen and oxygen atoms in total. The van der Waals surface area contributed by atoms with E-state index in [0.717, 1.165) is 18.4 Å². The summed E-state index contributed by atoms with van der Waals surface area (Å²) in [5.74, 6) is 0.154. The van der Waals surface area contributed by atoms with Gasteiger partial charge in [0.2, 0.25) is 10.0 Å². The minimum absolute atomic E-state index is 0.299. The molecule has 3 rings (SSSR count). The van der Waals surface area contributed by atoms with Crippen LogP contribution >= 0.6 is 0 Å². The fourth-order valence-corrected chi connectivity index (χ4v) is 4.47. The second-order valence-corrected chi connectivity index (χ2v) is 7.49. The Bertz CT molecular complexity index is 679. The highest BCUT2D eigenvalue weighted by Gasteiger charge is 2.30. The van der Waals surface area contributed by atoms with Crippen molar-refractivity contribution in [1.29, 1.82) is 0 Å². The average Bonchev–Trinajstić information content (AvgIpc) is 3.08. The van der Waals surface area contributed by atoms with Crippen LogP contribution in [0.3, 0.4) is 0 Å². The first-order chi connectivity index (χ1) is 10.5. The van der Waals surface area contributed by atoms with Crippen LogP contribution in [-0.2, 0) is 26.0 Å². The number of carbonyl (C=O) groups is 1. The van der Waals surface area contributed by atoms with Crippen LogP contribution in [-0.4, -0.2) is 45.0 Å². The Hall–Kier alpha value is -1.60. The molecule has 1 fully saturated rings. The van der Waals surface area contributed by atoms with Crippen molar-refractivity contribution in [2.75, 3.05) is 20.2 Å². The Labute approximate surface area is 130 Å². The van der Waals surface area contributed by atoms with Crippen molar-refractivity contribution in [2.45, 2.75) is 36.7 Å². The molecule has 22 heavy (non-hydrogen) atoms. The molecule has 0 spiro atoms. The second kappa shape index (κ2) is 5.89. The SMILES string of the molecule is COC(=O)C1CCc2cc(S(=O)(=O)N3CCCC3)ccc2O1. The first kappa shape index (κ1) is 15.3. The summed E-state index contributed by atoms with van der Waals surface area (Å²) in [5.41, 5.74) is 0.820. The molecule has 1 aromatic rings. The maximum atomic E-state index is 12.6. The third-order valence-corrected chi connectivity index (χ3v) is 6.04. The molecule has 0 bridgehead atoms. The van der Waals surface area contributed by atoms with Crippen LogP contribution < -0.4 is 4.74 Å². The Balaban J connectivity index is 1.85. The van der Waals surface area contributed by atoms with Crippen LogP contribution in [0.5, 0.6) is 5.75 Å². The van der Waals surface area contributed by atoms with E-state index < -0.39 is 22.1 Å². The highest BCUT2D eigenvalue weighted by atomic mass is 32.2. The maximum absolute atomic E-state index is 12.6. The van der Waals surface area contributed by atoms with Crippen molar-refractivity contribution < 1.29 is 22.7 Å². The Morgan fingerprint density at radius 3 is 2.73 bits per heavy atom. The number of nitrogens with zero attached hydrogens (tertiary/aromatic N) is 1. The molecule has 2 aliphatic heterocycles. The molecule has 0 aliphatic carbocycles. The van der Waals surface area contributed by atoms with E-state index in [1.807, 2.05) is 0 Å². The van der Waals surface area contributed by atoms with E-state index >= 15 is 0 Å². The number of fused-ring (bicyclic) bond motifs is 1. The third kappa shape index (κ3) is 2.70. The summed E-state index contributed by atoms with van der Waals surface area (Å²) < 4.78 is 36.9. The van der Waals surface area contributed by atoms with Gasteiger partial charge in [-0.2, -0.15) is 4.31 Å². The molecule has 7 heteroatoms. The van der Waals surface area contributed by atoms with Gasteiger partial charge in [-0.15, -0.1) is 0 Å². The number of benzene rings is 1. The minimum atomic E-state index is -3.42. The zero-order valence-electron chi connectivity index (χ0n) is 12.4. The smallest absolute Gasteiger partial charge is 0.347 e. The van der Waals surface area contributed by atoms with E-state index in [1.165, 1.54) is 11.4 Å². The minimum Gasteiger partial charge on any atom is -0.478 e. The van der Waals surface area contributed by atoms with Crippen LogP contribution in [0, 0.1) is 0 Å². The van der Waals surface area contributed by atoms with Gasteiger partial charge in [-0.25, -0.2) is 13.2 Å².